The van der Waals surface area contributed by atoms with E-state index in [0.29, 0.717) is 6.42 Å². The van der Waals surface area contributed by atoms with E-state index < -0.39 is 0 Å². The molecule has 106 valence electrons. The Bertz CT molecular complexity index is 594. The van der Waals surface area contributed by atoms with Crippen LogP contribution in [-0.2, 0) is 11.2 Å². The largest absolute Gasteiger partial charge is 0.351 e. The van der Waals surface area contributed by atoms with E-state index in [-0.39, 0.29) is 11.4 Å². The van der Waals surface area contributed by atoms with E-state index in [1.54, 1.807) is 11.3 Å². The van der Waals surface area contributed by atoms with Crippen molar-refractivity contribution in [3.63, 3.8) is 0 Å². The Morgan fingerprint density at radius 1 is 1.25 bits per heavy atom. The van der Waals surface area contributed by atoms with Gasteiger partial charge < -0.3 is 5.32 Å². The van der Waals surface area contributed by atoms with Crippen LogP contribution in [0.5, 0.6) is 0 Å². The van der Waals surface area contributed by atoms with Crippen molar-refractivity contribution < 1.29 is 4.79 Å². The molecule has 0 radical (unpaired) electrons. The van der Waals surface area contributed by atoms with Crippen LogP contribution in [0.2, 0.25) is 0 Å². The zero-order valence-corrected chi connectivity index (χ0v) is 13.2. The molecule has 0 atom stereocenters. The average Bonchev–Trinajstić information content (AvgIpc) is 2.74. The maximum absolute atomic E-state index is 11.9. The Morgan fingerprint density at radius 2 is 1.90 bits per heavy atom. The number of rotatable bonds is 3. The van der Waals surface area contributed by atoms with Crippen molar-refractivity contribution in [2.45, 2.75) is 39.7 Å². The van der Waals surface area contributed by atoms with E-state index in [4.69, 9.17) is 0 Å². The minimum Gasteiger partial charge on any atom is -0.351 e. The first-order valence-corrected chi connectivity index (χ1v) is 7.54. The molecule has 3 nitrogen and oxygen atoms in total. The highest BCUT2D eigenvalue weighted by molar-refractivity contribution is 7.09. The second-order valence-electron chi connectivity index (χ2n) is 5.92. The Labute approximate surface area is 124 Å². The molecule has 0 bridgehead atoms. The molecule has 0 saturated heterocycles. The molecule has 1 amide bonds. The van der Waals surface area contributed by atoms with Crippen molar-refractivity contribution in [3.05, 3.63) is 40.2 Å². The van der Waals surface area contributed by atoms with Crippen molar-refractivity contribution in [3.8, 4) is 11.3 Å². The highest BCUT2D eigenvalue weighted by Crippen LogP contribution is 2.21. The van der Waals surface area contributed by atoms with E-state index >= 15 is 0 Å². The molecule has 0 unspecified atom stereocenters. The van der Waals surface area contributed by atoms with Crippen LogP contribution in [0.15, 0.2) is 29.6 Å². The number of aromatic nitrogens is 1. The third-order valence-corrected chi connectivity index (χ3v) is 3.52. The van der Waals surface area contributed by atoms with E-state index in [1.165, 1.54) is 0 Å². The van der Waals surface area contributed by atoms with Gasteiger partial charge in [-0.2, -0.15) is 0 Å². The number of carbonyl (C=O) groups excluding carboxylic acids is 1. The minimum absolute atomic E-state index is 0.0507. The second kappa shape index (κ2) is 5.75. The van der Waals surface area contributed by atoms with E-state index in [9.17, 15) is 4.79 Å². The molecule has 0 fully saturated rings. The number of nitrogens with one attached hydrogen (secondary N) is 1. The highest BCUT2D eigenvalue weighted by Gasteiger charge is 2.13. The molecule has 0 saturated carbocycles. The summed E-state index contributed by atoms with van der Waals surface area (Å²) < 4.78 is 0. The molecule has 2 aromatic rings. The van der Waals surface area contributed by atoms with Gasteiger partial charge in [0.15, 0.2) is 0 Å². The van der Waals surface area contributed by atoms with Gasteiger partial charge in [0.25, 0.3) is 0 Å². The van der Waals surface area contributed by atoms with Crippen molar-refractivity contribution >= 4 is 17.2 Å². The van der Waals surface area contributed by atoms with Crippen LogP contribution < -0.4 is 5.32 Å². The lowest BCUT2D eigenvalue weighted by Crippen LogP contribution is -2.41. The topological polar surface area (TPSA) is 42.0 Å². The van der Waals surface area contributed by atoms with Crippen molar-refractivity contribution in [2.75, 3.05) is 0 Å². The summed E-state index contributed by atoms with van der Waals surface area (Å²) in [6.07, 6.45) is 0.410. The van der Waals surface area contributed by atoms with Crippen LogP contribution in [-0.4, -0.2) is 16.4 Å². The number of carbonyl (C=O) groups is 1. The summed E-state index contributed by atoms with van der Waals surface area (Å²) in [5.41, 5.74) is 2.92. The van der Waals surface area contributed by atoms with Gasteiger partial charge in [0.2, 0.25) is 5.91 Å². The van der Waals surface area contributed by atoms with Crippen LogP contribution >= 0.6 is 11.3 Å². The van der Waals surface area contributed by atoms with Gasteiger partial charge in [-0.05, 0) is 33.3 Å². The number of nitrogens with zero attached hydrogens (tertiary/aromatic N) is 1. The molecular weight excluding hydrogens is 268 g/mol. The number of benzene rings is 1. The molecule has 0 spiro atoms. The van der Waals surface area contributed by atoms with E-state index in [2.05, 4.69) is 15.7 Å². The van der Waals surface area contributed by atoms with Gasteiger partial charge in [-0.3, -0.25) is 4.79 Å². The summed E-state index contributed by atoms with van der Waals surface area (Å²) in [6, 6.07) is 8.03. The lowest BCUT2D eigenvalue weighted by atomic mass is 10.1. The standard InChI is InChI=1S/C16H20N2OS/c1-11-17-14(10-20-11)13-7-5-12(6-8-13)9-15(19)18-16(2,3)4/h5-8,10H,9H2,1-4H3,(H,18,19). The monoisotopic (exact) mass is 288 g/mol. The molecule has 4 heteroatoms. The fraction of sp³-hybridized carbons (Fsp3) is 0.375. The third kappa shape index (κ3) is 4.17. The fourth-order valence-corrected chi connectivity index (χ4v) is 2.56. The zero-order chi connectivity index (χ0) is 14.8. The summed E-state index contributed by atoms with van der Waals surface area (Å²) in [4.78, 5) is 16.3. The molecule has 20 heavy (non-hydrogen) atoms. The summed E-state index contributed by atoms with van der Waals surface area (Å²) in [7, 11) is 0. The predicted octanol–water partition coefficient (Wildman–Crippen LogP) is 3.58. The van der Waals surface area contributed by atoms with Gasteiger partial charge in [0.05, 0.1) is 17.1 Å². The van der Waals surface area contributed by atoms with Gasteiger partial charge in [-0.1, -0.05) is 24.3 Å². The van der Waals surface area contributed by atoms with Crippen LogP contribution in [0.25, 0.3) is 11.3 Å². The lowest BCUT2D eigenvalue weighted by Gasteiger charge is -2.20. The van der Waals surface area contributed by atoms with Crippen LogP contribution in [0.1, 0.15) is 31.3 Å². The molecule has 0 aliphatic rings. The van der Waals surface area contributed by atoms with E-state index in [1.807, 2.05) is 52.0 Å². The lowest BCUT2D eigenvalue weighted by molar-refractivity contribution is -0.121. The molecule has 1 aromatic heterocycles. The Morgan fingerprint density at radius 3 is 2.40 bits per heavy atom. The summed E-state index contributed by atoms with van der Waals surface area (Å²) in [5, 5.41) is 6.08. The summed E-state index contributed by atoms with van der Waals surface area (Å²) in [5.74, 6) is 0.0507. The van der Waals surface area contributed by atoms with Gasteiger partial charge in [-0.15, -0.1) is 11.3 Å². The molecule has 0 aliphatic heterocycles. The average molecular weight is 288 g/mol. The van der Waals surface area contributed by atoms with Gasteiger partial charge in [0, 0.05) is 16.5 Å². The first-order valence-electron chi connectivity index (χ1n) is 6.66. The number of hydrogen-bond acceptors (Lipinski definition) is 3. The van der Waals surface area contributed by atoms with Crippen LogP contribution in [0.3, 0.4) is 0 Å². The number of amides is 1. The fourth-order valence-electron chi connectivity index (χ4n) is 1.94. The normalized spacial score (nSPS) is 11.4. The Hall–Kier alpha value is -1.68. The number of thiazole rings is 1. The maximum atomic E-state index is 11.9. The first kappa shape index (κ1) is 14.7. The molecular formula is C16H20N2OS. The van der Waals surface area contributed by atoms with Gasteiger partial charge in [0.1, 0.15) is 0 Å². The zero-order valence-electron chi connectivity index (χ0n) is 12.4. The quantitative estimate of drug-likeness (QED) is 0.938. The third-order valence-electron chi connectivity index (χ3n) is 2.75. The highest BCUT2D eigenvalue weighted by atomic mass is 32.1. The Balaban J connectivity index is 2.03. The number of hydrogen-bond donors (Lipinski definition) is 1. The summed E-state index contributed by atoms with van der Waals surface area (Å²) >= 11 is 1.65. The van der Waals surface area contributed by atoms with Crippen molar-refractivity contribution in [1.29, 1.82) is 0 Å². The van der Waals surface area contributed by atoms with E-state index in [0.717, 1.165) is 21.8 Å². The van der Waals surface area contributed by atoms with Gasteiger partial charge in [-0.25, -0.2) is 4.98 Å². The molecule has 1 heterocycles. The SMILES string of the molecule is Cc1nc(-c2ccc(CC(=O)NC(C)(C)C)cc2)cs1. The molecule has 1 aromatic carbocycles. The van der Waals surface area contributed by atoms with Crippen LogP contribution in [0, 0.1) is 6.92 Å². The van der Waals surface area contributed by atoms with Crippen molar-refractivity contribution in [1.82, 2.24) is 10.3 Å². The summed E-state index contributed by atoms with van der Waals surface area (Å²) in [6.45, 7) is 7.95. The van der Waals surface area contributed by atoms with Gasteiger partial charge >= 0.3 is 0 Å². The maximum Gasteiger partial charge on any atom is 0.224 e. The first-order chi connectivity index (χ1) is 9.33. The smallest absolute Gasteiger partial charge is 0.224 e. The predicted molar refractivity (Wildman–Crippen MR) is 83.9 cm³/mol. The molecule has 1 N–H and O–H groups in total. The molecule has 0 aliphatic carbocycles. The minimum atomic E-state index is -0.185. The number of aryl methyl sites for hydroxylation is 1. The van der Waals surface area contributed by atoms with Crippen molar-refractivity contribution in [2.24, 2.45) is 0 Å². The Kier molecular flexibility index (Phi) is 4.23. The molecule has 2 rings (SSSR count). The second-order valence-corrected chi connectivity index (χ2v) is 6.99. The van der Waals surface area contributed by atoms with Crippen LogP contribution in [0.4, 0.5) is 0 Å².